The highest BCUT2D eigenvalue weighted by Gasteiger charge is 2.15. The number of carbonyl (C=O) groups excluding carboxylic acids is 1. The van der Waals surface area contributed by atoms with E-state index in [4.69, 9.17) is 5.73 Å². The lowest BCUT2D eigenvalue weighted by atomic mass is 10.1. The normalized spacial score (nSPS) is 16.1. The Hall–Kier alpha value is -1.43. The Morgan fingerprint density at radius 2 is 1.64 bits per heavy atom. The number of carbonyl (C=O) groups is 1. The maximum atomic E-state index is 12.0. The fourth-order valence-corrected chi connectivity index (χ4v) is 3.22. The van der Waals surface area contributed by atoms with Gasteiger partial charge in [-0.1, -0.05) is 31.9 Å². The predicted molar refractivity (Wildman–Crippen MR) is 105 cm³/mol. The molecule has 0 bridgehead atoms. The zero-order valence-corrected chi connectivity index (χ0v) is 15.7. The standard InChI is InChI=1S/C20H34N4O/c1-2-23-13-15-24(16-14-23)17-18-8-10-19(11-9-18)22-20(25)7-5-3-4-6-12-21/h8-11H,2-7,12-17,21H2,1H3,(H,22,25). The summed E-state index contributed by atoms with van der Waals surface area (Å²) in [6.45, 7) is 9.71. The molecule has 0 spiro atoms. The number of likely N-dealkylation sites (N-methyl/N-ethyl adjacent to an activating group) is 1. The van der Waals surface area contributed by atoms with Crippen molar-refractivity contribution >= 4 is 11.6 Å². The number of nitrogens with two attached hydrogens (primary N) is 1. The molecular formula is C20H34N4O. The van der Waals surface area contributed by atoms with E-state index in [2.05, 4.69) is 34.2 Å². The van der Waals surface area contributed by atoms with E-state index >= 15 is 0 Å². The number of nitrogens with zero attached hydrogens (tertiary/aromatic N) is 2. The molecule has 5 heteroatoms. The molecule has 25 heavy (non-hydrogen) atoms. The zero-order chi connectivity index (χ0) is 17.9. The van der Waals surface area contributed by atoms with Crippen molar-refractivity contribution in [1.29, 1.82) is 0 Å². The van der Waals surface area contributed by atoms with Crippen LogP contribution in [-0.2, 0) is 11.3 Å². The van der Waals surface area contributed by atoms with Crippen LogP contribution in [0.15, 0.2) is 24.3 Å². The Morgan fingerprint density at radius 1 is 1.00 bits per heavy atom. The fourth-order valence-electron chi connectivity index (χ4n) is 3.22. The molecule has 1 heterocycles. The van der Waals surface area contributed by atoms with Crippen molar-refractivity contribution < 1.29 is 4.79 Å². The van der Waals surface area contributed by atoms with Gasteiger partial charge in [-0.15, -0.1) is 0 Å². The van der Waals surface area contributed by atoms with E-state index in [0.717, 1.165) is 77.2 Å². The Labute approximate surface area is 152 Å². The van der Waals surface area contributed by atoms with Gasteiger partial charge in [-0.2, -0.15) is 0 Å². The highest BCUT2D eigenvalue weighted by atomic mass is 16.1. The summed E-state index contributed by atoms with van der Waals surface area (Å²) in [4.78, 5) is 16.9. The molecular weight excluding hydrogens is 312 g/mol. The predicted octanol–water partition coefficient (Wildman–Crippen LogP) is 2.67. The molecule has 0 unspecified atom stereocenters. The minimum atomic E-state index is 0.108. The van der Waals surface area contributed by atoms with E-state index in [1.807, 2.05) is 12.1 Å². The Kier molecular flexibility index (Phi) is 8.94. The van der Waals surface area contributed by atoms with E-state index in [-0.39, 0.29) is 5.91 Å². The van der Waals surface area contributed by atoms with E-state index in [0.29, 0.717) is 6.42 Å². The molecule has 1 fully saturated rings. The second kappa shape index (κ2) is 11.2. The second-order valence-electron chi connectivity index (χ2n) is 6.91. The number of amides is 1. The van der Waals surface area contributed by atoms with Crippen molar-refractivity contribution in [3.05, 3.63) is 29.8 Å². The maximum absolute atomic E-state index is 12.0. The van der Waals surface area contributed by atoms with Crippen molar-refractivity contribution in [3.8, 4) is 0 Å². The van der Waals surface area contributed by atoms with Crippen LogP contribution in [0.3, 0.4) is 0 Å². The molecule has 0 atom stereocenters. The number of unbranched alkanes of at least 4 members (excludes halogenated alkanes) is 3. The van der Waals surface area contributed by atoms with E-state index in [1.165, 1.54) is 5.56 Å². The van der Waals surface area contributed by atoms with Crippen LogP contribution in [0.2, 0.25) is 0 Å². The first-order valence-electron chi connectivity index (χ1n) is 9.75. The third kappa shape index (κ3) is 7.55. The molecule has 1 aromatic carbocycles. The lowest BCUT2D eigenvalue weighted by Crippen LogP contribution is -2.45. The maximum Gasteiger partial charge on any atom is 0.224 e. The summed E-state index contributed by atoms with van der Waals surface area (Å²) in [6, 6.07) is 8.29. The first-order chi connectivity index (χ1) is 12.2. The van der Waals surface area contributed by atoms with Gasteiger partial charge in [0.25, 0.3) is 0 Å². The van der Waals surface area contributed by atoms with Gasteiger partial charge in [0.2, 0.25) is 5.91 Å². The summed E-state index contributed by atoms with van der Waals surface area (Å²) in [5, 5.41) is 2.99. The van der Waals surface area contributed by atoms with Crippen LogP contribution in [0.25, 0.3) is 0 Å². The number of piperazine rings is 1. The summed E-state index contributed by atoms with van der Waals surface area (Å²) < 4.78 is 0. The zero-order valence-electron chi connectivity index (χ0n) is 15.7. The number of benzene rings is 1. The van der Waals surface area contributed by atoms with Gasteiger partial charge in [0.1, 0.15) is 0 Å². The number of nitrogens with one attached hydrogen (secondary N) is 1. The lowest BCUT2D eigenvalue weighted by Gasteiger charge is -2.34. The van der Waals surface area contributed by atoms with Gasteiger partial charge in [-0.05, 0) is 43.6 Å². The van der Waals surface area contributed by atoms with Gasteiger partial charge in [0.05, 0.1) is 0 Å². The first-order valence-corrected chi connectivity index (χ1v) is 9.75. The fraction of sp³-hybridized carbons (Fsp3) is 0.650. The highest BCUT2D eigenvalue weighted by Crippen LogP contribution is 2.14. The smallest absolute Gasteiger partial charge is 0.224 e. The largest absolute Gasteiger partial charge is 0.330 e. The van der Waals surface area contributed by atoms with E-state index < -0.39 is 0 Å². The Balaban J connectivity index is 1.68. The number of rotatable bonds is 10. The topological polar surface area (TPSA) is 61.6 Å². The van der Waals surface area contributed by atoms with Crippen molar-refractivity contribution in [2.75, 3.05) is 44.6 Å². The molecule has 0 aromatic heterocycles. The van der Waals surface area contributed by atoms with E-state index in [1.54, 1.807) is 0 Å². The monoisotopic (exact) mass is 346 g/mol. The quantitative estimate of drug-likeness (QED) is 0.640. The summed E-state index contributed by atoms with van der Waals surface area (Å²) >= 11 is 0. The van der Waals surface area contributed by atoms with Crippen LogP contribution >= 0.6 is 0 Å². The molecule has 1 aliphatic rings. The molecule has 1 aliphatic heterocycles. The van der Waals surface area contributed by atoms with Gasteiger partial charge in [-0.3, -0.25) is 9.69 Å². The molecule has 0 aliphatic carbocycles. The molecule has 2 rings (SSSR count). The molecule has 1 amide bonds. The number of hydrogen-bond acceptors (Lipinski definition) is 4. The van der Waals surface area contributed by atoms with Crippen LogP contribution in [-0.4, -0.2) is 55.0 Å². The Morgan fingerprint density at radius 3 is 2.28 bits per heavy atom. The summed E-state index contributed by atoms with van der Waals surface area (Å²) in [6.07, 6.45) is 4.78. The minimum Gasteiger partial charge on any atom is -0.330 e. The van der Waals surface area contributed by atoms with Crippen LogP contribution in [0.4, 0.5) is 5.69 Å². The molecule has 0 saturated carbocycles. The number of hydrogen-bond donors (Lipinski definition) is 2. The summed E-state index contributed by atoms with van der Waals surface area (Å²) in [7, 11) is 0. The van der Waals surface area contributed by atoms with Crippen LogP contribution in [0.5, 0.6) is 0 Å². The van der Waals surface area contributed by atoms with Crippen molar-refractivity contribution in [3.63, 3.8) is 0 Å². The molecule has 1 aromatic rings. The second-order valence-corrected chi connectivity index (χ2v) is 6.91. The van der Waals surface area contributed by atoms with Gasteiger partial charge < -0.3 is 16.0 Å². The highest BCUT2D eigenvalue weighted by molar-refractivity contribution is 5.90. The number of anilines is 1. The van der Waals surface area contributed by atoms with Crippen LogP contribution < -0.4 is 11.1 Å². The third-order valence-electron chi connectivity index (χ3n) is 4.91. The van der Waals surface area contributed by atoms with Crippen molar-refractivity contribution in [1.82, 2.24) is 9.80 Å². The molecule has 3 N–H and O–H groups in total. The average molecular weight is 347 g/mol. The molecule has 0 radical (unpaired) electrons. The molecule has 140 valence electrons. The summed E-state index contributed by atoms with van der Waals surface area (Å²) in [5.41, 5.74) is 7.68. The molecule has 1 saturated heterocycles. The Bertz CT molecular complexity index is 495. The molecule has 5 nitrogen and oxygen atoms in total. The van der Waals surface area contributed by atoms with Crippen molar-refractivity contribution in [2.24, 2.45) is 5.73 Å². The van der Waals surface area contributed by atoms with Gasteiger partial charge in [-0.25, -0.2) is 0 Å². The summed E-state index contributed by atoms with van der Waals surface area (Å²) in [5.74, 6) is 0.108. The minimum absolute atomic E-state index is 0.108. The van der Waals surface area contributed by atoms with Crippen molar-refractivity contribution in [2.45, 2.75) is 45.6 Å². The van der Waals surface area contributed by atoms with Gasteiger partial charge in [0, 0.05) is 44.8 Å². The van der Waals surface area contributed by atoms with E-state index in [9.17, 15) is 4.79 Å². The third-order valence-corrected chi connectivity index (χ3v) is 4.91. The average Bonchev–Trinajstić information content (AvgIpc) is 2.64. The SMILES string of the molecule is CCN1CCN(Cc2ccc(NC(=O)CCCCCCN)cc2)CC1. The van der Waals surface area contributed by atoms with Crippen LogP contribution in [0.1, 0.15) is 44.6 Å². The van der Waals surface area contributed by atoms with Gasteiger partial charge in [0.15, 0.2) is 0 Å². The van der Waals surface area contributed by atoms with Gasteiger partial charge >= 0.3 is 0 Å². The first kappa shape index (κ1) is 19.9. The van der Waals surface area contributed by atoms with Crippen LogP contribution in [0, 0.1) is 0 Å². The lowest BCUT2D eigenvalue weighted by molar-refractivity contribution is -0.116.